The summed E-state index contributed by atoms with van der Waals surface area (Å²) >= 11 is 7.38. The minimum absolute atomic E-state index is 0.206. The fourth-order valence-corrected chi connectivity index (χ4v) is 2.48. The third-order valence-electron chi connectivity index (χ3n) is 2.48. The van der Waals surface area contributed by atoms with Gasteiger partial charge in [-0.1, -0.05) is 11.6 Å². The van der Waals surface area contributed by atoms with E-state index < -0.39 is 0 Å². The molecule has 6 heteroatoms. The third-order valence-corrected chi connectivity index (χ3v) is 3.76. The van der Waals surface area contributed by atoms with E-state index in [1.165, 1.54) is 11.3 Å². The minimum atomic E-state index is -0.291. The maximum atomic E-state index is 12.0. The monoisotopic (exact) mass is 281 g/mol. The second kappa shape index (κ2) is 5.04. The van der Waals surface area contributed by atoms with Crippen molar-refractivity contribution in [3.05, 3.63) is 39.1 Å². The molecule has 2 aromatic heterocycles. The summed E-state index contributed by atoms with van der Waals surface area (Å²) in [6.45, 7) is 5.69. The molecule has 1 amide bonds. The van der Waals surface area contributed by atoms with Crippen LogP contribution < -0.4 is 5.32 Å². The second-order valence-electron chi connectivity index (χ2n) is 3.91. The predicted molar refractivity (Wildman–Crippen MR) is 73.5 cm³/mol. The Labute approximate surface area is 114 Å². The number of nitrogens with one attached hydrogen (secondary N) is 1. The van der Waals surface area contributed by atoms with Crippen LogP contribution in [-0.2, 0) is 0 Å². The molecule has 0 aliphatic heterocycles. The Kier molecular flexibility index (Phi) is 3.63. The first-order valence-electron chi connectivity index (χ1n) is 5.36. The molecule has 0 fully saturated rings. The van der Waals surface area contributed by atoms with Gasteiger partial charge in [-0.15, -0.1) is 11.3 Å². The number of aryl methyl sites for hydroxylation is 3. The van der Waals surface area contributed by atoms with Crippen LogP contribution in [-0.4, -0.2) is 15.9 Å². The largest absolute Gasteiger partial charge is 0.298 e. The number of hydrogen-bond donors (Lipinski definition) is 1. The summed E-state index contributed by atoms with van der Waals surface area (Å²) in [7, 11) is 0. The highest BCUT2D eigenvalue weighted by molar-refractivity contribution is 7.15. The molecule has 2 aromatic rings. The molecule has 94 valence electrons. The van der Waals surface area contributed by atoms with Crippen LogP contribution in [0, 0.1) is 20.8 Å². The molecule has 4 nitrogen and oxygen atoms in total. The van der Waals surface area contributed by atoms with Crippen molar-refractivity contribution in [1.29, 1.82) is 0 Å². The van der Waals surface area contributed by atoms with Crippen molar-refractivity contribution in [3.8, 4) is 0 Å². The maximum Gasteiger partial charge on any atom is 0.260 e. The van der Waals surface area contributed by atoms with Gasteiger partial charge in [0.25, 0.3) is 5.91 Å². The topological polar surface area (TPSA) is 54.9 Å². The van der Waals surface area contributed by atoms with Crippen molar-refractivity contribution in [2.45, 2.75) is 20.8 Å². The van der Waals surface area contributed by atoms with E-state index in [4.69, 9.17) is 11.6 Å². The Morgan fingerprint density at radius 2 is 2.00 bits per heavy atom. The van der Waals surface area contributed by atoms with Crippen molar-refractivity contribution in [3.63, 3.8) is 0 Å². The van der Waals surface area contributed by atoms with Gasteiger partial charge in [-0.05, 0) is 32.9 Å². The van der Waals surface area contributed by atoms with Gasteiger partial charge in [0.05, 0.1) is 11.3 Å². The van der Waals surface area contributed by atoms with E-state index in [0.29, 0.717) is 10.7 Å². The molecule has 0 aliphatic carbocycles. The van der Waals surface area contributed by atoms with Gasteiger partial charge < -0.3 is 0 Å². The van der Waals surface area contributed by atoms with Crippen molar-refractivity contribution in [1.82, 2.24) is 9.97 Å². The van der Waals surface area contributed by atoms with Crippen molar-refractivity contribution < 1.29 is 4.79 Å². The molecule has 0 saturated heterocycles. The standard InChI is InChI=1S/C12H12ClN3OS/c1-6-4-5-9(10(13)14-6)11(17)16-12-15-7(2)8(3)18-12/h4-5H,1-3H3,(H,15,16,17). The Morgan fingerprint density at radius 3 is 2.56 bits per heavy atom. The number of nitrogens with zero attached hydrogens (tertiary/aromatic N) is 2. The third kappa shape index (κ3) is 2.68. The zero-order valence-electron chi connectivity index (χ0n) is 10.2. The van der Waals surface area contributed by atoms with E-state index >= 15 is 0 Å². The summed E-state index contributed by atoms with van der Waals surface area (Å²) in [5.41, 5.74) is 2.05. The summed E-state index contributed by atoms with van der Waals surface area (Å²) < 4.78 is 0. The van der Waals surface area contributed by atoms with Gasteiger partial charge >= 0.3 is 0 Å². The van der Waals surface area contributed by atoms with Gasteiger partial charge in [-0.2, -0.15) is 0 Å². The molecule has 1 N–H and O–H groups in total. The molecule has 0 radical (unpaired) electrons. The number of pyridine rings is 1. The zero-order chi connectivity index (χ0) is 13.3. The molecular formula is C12H12ClN3OS. The lowest BCUT2D eigenvalue weighted by Crippen LogP contribution is -2.13. The van der Waals surface area contributed by atoms with Crippen LogP contribution in [0.25, 0.3) is 0 Å². The van der Waals surface area contributed by atoms with Gasteiger partial charge in [0.1, 0.15) is 5.15 Å². The fraction of sp³-hybridized carbons (Fsp3) is 0.250. The predicted octanol–water partition coefficient (Wildman–Crippen LogP) is 3.37. The van der Waals surface area contributed by atoms with E-state index in [2.05, 4.69) is 15.3 Å². The number of halogens is 1. The van der Waals surface area contributed by atoms with Gasteiger partial charge in [-0.25, -0.2) is 9.97 Å². The van der Waals surface area contributed by atoms with E-state index in [1.54, 1.807) is 12.1 Å². The molecule has 2 heterocycles. The summed E-state index contributed by atoms with van der Waals surface area (Å²) in [4.78, 5) is 21.4. The lowest BCUT2D eigenvalue weighted by Gasteiger charge is -2.03. The first kappa shape index (κ1) is 13.0. The van der Waals surface area contributed by atoms with E-state index in [9.17, 15) is 4.79 Å². The van der Waals surface area contributed by atoms with Gasteiger partial charge in [0.2, 0.25) is 0 Å². The Bertz CT molecular complexity index is 590. The highest BCUT2D eigenvalue weighted by atomic mass is 35.5. The molecule has 18 heavy (non-hydrogen) atoms. The lowest BCUT2D eigenvalue weighted by atomic mass is 10.2. The van der Waals surface area contributed by atoms with Crippen LogP contribution in [0.4, 0.5) is 5.13 Å². The molecule has 0 unspecified atom stereocenters. The van der Waals surface area contributed by atoms with E-state index in [0.717, 1.165) is 16.3 Å². The molecule has 0 bridgehead atoms. The summed E-state index contributed by atoms with van der Waals surface area (Å²) in [6.07, 6.45) is 0. The first-order chi connectivity index (χ1) is 8.47. The molecular weight excluding hydrogens is 270 g/mol. The zero-order valence-corrected chi connectivity index (χ0v) is 11.8. The van der Waals surface area contributed by atoms with Gasteiger partial charge in [-0.3, -0.25) is 10.1 Å². The van der Waals surface area contributed by atoms with Crippen molar-refractivity contribution in [2.24, 2.45) is 0 Å². The van der Waals surface area contributed by atoms with Crippen molar-refractivity contribution in [2.75, 3.05) is 5.32 Å². The number of carbonyl (C=O) groups is 1. The smallest absolute Gasteiger partial charge is 0.260 e. The number of thiazole rings is 1. The molecule has 0 saturated carbocycles. The summed E-state index contributed by atoms with van der Waals surface area (Å²) in [5.74, 6) is -0.291. The van der Waals surface area contributed by atoms with Crippen LogP contribution in [0.2, 0.25) is 5.15 Å². The van der Waals surface area contributed by atoms with Gasteiger partial charge in [0.15, 0.2) is 5.13 Å². The Morgan fingerprint density at radius 1 is 1.28 bits per heavy atom. The lowest BCUT2D eigenvalue weighted by molar-refractivity contribution is 0.102. The van der Waals surface area contributed by atoms with Crippen LogP contribution in [0.3, 0.4) is 0 Å². The van der Waals surface area contributed by atoms with Crippen LogP contribution >= 0.6 is 22.9 Å². The SMILES string of the molecule is Cc1ccc(C(=O)Nc2nc(C)c(C)s2)c(Cl)n1. The number of anilines is 1. The fourth-order valence-electron chi connectivity index (χ4n) is 1.39. The van der Waals surface area contributed by atoms with Gasteiger partial charge in [0, 0.05) is 10.6 Å². The Balaban J connectivity index is 2.22. The first-order valence-corrected chi connectivity index (χ1v) is 6.55. The quantitative estimate of drug-likeness (QED) is 0.859. The maximum absolute atomic E-state index is 12.0. The number of aromatic nitrogens is 2. The van der Waals surface area contributed by atoms with Crippen molar-refractivity contribution >= 4 is 34.0 Å². The molecule has 0 atom stereocenters. The van der Waals surface area contributed by atoms with Crippen LogP contribution in [0.1, 0.15) is 26.6 Å². The number of hydrogen-bond acceptors (Lipinski definition) is 4. The van der Waals surface area contributed by atoms with E-state index in [1.807, 2.05) is 20.8 Å². The molecule has 2 rings (SSSR count). The second-order valence-corrected chi connectivity index (χ2v) is 5.47. The number of rotatable bonds is 2. The van der Waals surface area contributed by atoms with Crippen LogP contribution in [0.5, 0.6) is 0 Å². The Hall–Kier alpha value is -1.46. The molecule has 0 aromatic carbocycles. The molecule has 0 spiro atoms. The average molecular weight is 282 g/mol. The number of amides is 1. The summed E-state index contributed by atoms with van der Waals surface area (Å²) in [5, 5.41) is 3.51. The highest BCUT2D eigenvalue weighted by Gasteiger charge is 2.14. The normalized spacial score (nSPS) is 10.4. The minimum Gasteiger partial charge on any atom is -0.298 e. The van der Waals surface area contributed by atoms with Crippen LogP contribution in [0.15, 0.2) is 12.1 Å². The average Bonchev–Trinajstić information content (AvgIpc) is 2.57. The highest BCUT2D eigenvalue weighted by Crippen LogP contribution is 2.22. The van der Waals surface area contributed by atoms with E-state index in [-0.39, 0.29) is 11.1 Å². The number of carbonyl (C=O) groups excluding carboxylic acids is 1. The summed E-state index contributed by atoms with van der Waals surface area (Å²) in [6, 6.07) is 3.41. The molecule has 0 aliphatic rings.